The number of methoxy groups -OCH3 is 1. The van der Waals surface area contributed by atoms with Gasteiger partial charge in [0.15, 0.2) is 0 Å². The molecule has 0 aliphatic rings. The Hall–Kier alpha value is -2.08. The summed E-state index contributed by atoms with van der Waals surface area (Å²) in [6, 6.07) is 3.35. The largest absolute Gasteiger partial charge is 0.385 e. The van der Waals surface area contributed by atoms with Crippen LogP contribution in [0.15, 0.2) is 30.7 Å². The molecule has 2 aromatic rings. The molecule has 0 aliphatic carbocycles. The zero-order chi connectivity index (χ0) is 12.8. The second-order valence-corrected chi connectivity index (χ2v) is 3.69. The molecule has 0 bridgehead atoms. The molecule has 6 nitrogen and oxygen atoms in total. The number of hydrogen-bond acceptors (Lipinski definition) is 5. The van der Waals surface area contributed by atoms with Gasteiger partial charge >= 0.3 is 0 Å². The zero-order valence-corrected chi connectivity index (χ0v) is 10.1. The zero-order valence-electron chi connectivity index (χ0n) is 10.1. The monoisotopic (exact) mass is 246 g/mol. The summed E-state index contributed by atoms with van der Waals surface area (Å²) in [6.07, 6.45) is 5.49. The van der Waals surface area contributed by atoms with Crippen molar-refractivity contribution < 1.29 is 9.53 Å². The van der Waals surface area contributed by atoms with Gasteiger partial charge in [0.25, 0.3) is 0 Å². The van der Waals surface area contributed by atoms with E-state index in [0.717, 1.165) is 6.42 Å². The third-order valence-electron chi connectivity index (χ3n) is 2.44. The van der Waals surface area contributed by atoms with Gasteiger partial charge in [-0.15, -0.1) is 0 Å². The molecule has 0 saturated carbocycles. The van der Waals surface area contributed by atoms with E-state index in [1.54, 1.807) is 42.5 Å². The van der Waals surface area contributed by atoms with E-state index in [-0.39, 0.29) is 11.6 Å². The molecule has 0 aliphatic heterocycles. The second-order valence-electron chi connectivity index (χ2n) is 3.69. The number of ketones is 1. The summed E-state index contributed by atoms with van der Waals surface area (Å²) in [7, 11) is 1.65. The van der Waals surface area contributed by atoms with Crippen LogP contribution in [0.4, 0.5) is 0 Å². The van der Waals surface area contributed by atoms with E-state index in [0.29, 0.717) is 18.8 Å². The number of hydrogen-bond donors (Lipinski definition) is 0. The number of aryl methyl sites for hydroxylation is 1. The van der Waals surface area contributed by atoms with E-state index < -0.39 is 0 Å². The summed E-state index contributed by atoms with van der Waals surface area (Å²) in [5, 5.41) is 4.12. The van der Waals surface area contributed by atoms with Crippen LogP contribution in [0.5, 0.6) is 0 Å². The predicted molar refractivity (Wildman–Crippen MR) is 64.2 cm³/mol. The smallest absolute Gasteiger partial charge is 0.248 e. The van der Waals surface area contributed by atoms with Crippen LogP contribution < -0.4 is 0 Å². The SMILES string of the molecule is COCCCn1nccc1C(=O)c1ncccn1. The first-order valence-electron chi connectivity index (χ1n) is 5.65. The van der Waals surface area contributed by atoms with Crippen molar-refractivity contribution in [2.45, 2.75) is 13.0 Å². The van der Waals surface area contributed by atoms with Crippen molar-refractivity contribution in [3.05, 3.63) is 42.2 Å². The van der Waals surface area contributed by atoms with Crippen LogP contribution in [0.1, 0.15) is 22.7 Å². The Labute approximate surface area is 105 Å². The lowest BCUT2D eigenvalue weighted by Gasteiger charge is -2.05. The molecule has 0 radical (unpaired) electrons. The highest BCUT2D eigenvalue weighted by Crippen LogP contribution is 2.06. The molecule has 0 saturated heterocycles. The minimum Gasteiger partial charge on any atom is -0.385 e. The summed E-state index contributed by atoms with van der Waals surface area (Å²) < 4.78 is 6.62. The molecule has 0 aromatic carbocycles. The maximum atomic E-state index is 12.1. The first kappa shape index (κ1) is 12.4. The first-order valence-corrected chi connectivity index (χ1v) is 5.65. The Bertz CT molecular complexity index is 510. The highest BCUT2D eigenvalue weighted by atomic mass is 16.5. The molecule has 0 amide bonds. The maximum Gasteiger partial charge on any atom is 0.248 e. The standard InChI is InChI=1S/C12H14N4O2/c1-18-9-3-8-16-10(4-7-15-16)11(17)12-13-5-2-6-14-12/h2,4-7H,3,8-9H2,1H3. The quantitative estimate of drug-likeness (QED) is 0.560. The van der Waals surface area contributed by atoms with Gasteiger partial charge in [0.05, 0.1) is 0 Å². The van der Waals surface area contributed by atoms with Crippen LogP contribution in [0, 0.1) is 0 Å². The molecule has 18 heavy (non-hydrogen) atoms. The van der Waals surface area contributed by atoms with Crippen LogP contribution >= 0.6 is 0 Å². The van der Waals surface area contributed by atoms with Gasteiger partial charge in [0.1, 0.15) is 5.69 Å². The lowest BCUT2D eigenvalue weighted by atomic mass is 10.2. The lowest BCUT2D eigenvalue weighted by molar-refractivity contribution is 0.101. The summed E-state index contributed by atoms with van der Waals surface area (Å²) in [6.45, 7) is 1.27. The maximum absolute atomic E-state index is 12.1. The molecule has 94 valence electrons. The highest BCUT2D eigenvalue weighted by Gasteiger charge is 2.16. The van der Waals surface area contributed by atoms with Gasteiger partial charge in [-0.2, -0.15) is 5.10 Å². The van der Waals surface area contributed by atoms with E-state index in [4.69, 9.17) is 4.74 Å². The van der Waals surface area contributed by atoms with Crippen molar-refractivity contribution in [3.63, 3.8) is 0 Å². The molecular formula is C12H14N4O2. The Kier molecular flexibility index (Phi) is 4.14. The third kappa shape index (κ3) is 2.78. The minimum absolute atomic E-state index is 0.186. The van der Waals surface area contributed by atoms with Crippen molar-refractivity contribution in [2.24, 2.45) is 0 Å². The van der Waals surface area contributed by atoms with Crippen molar-refractivity contribution in [3.8, 4) is 0 Å². The molecule has 2 aromatic heterocycles. The summed E-state index contributed by atoms with van der Waals surface area (Å²) in [4.78, 5) is 20.0. The van der Waals surface area contributed by atoms with Crippen LogP contribution in [0.25, 0.3) is 0 Å². The molecular weight excluding hydrogens is 232 g/mol. The fourth-order valence-corrected chi connectivity index (χ4v) is 1.59. The fraction of sp³-hybridized carbons (Fsp3) is 0.333. The van der Waals surface area contributed by atoms with Gasteiger partial charge in [0, 0.05) is 38.9 Å². The van der Waals surface area contributed by atoms with Gasteiger partial charge in [-0.05, 0) is 18.6 Å². The van der Waals surface area contributed by atoms with Crippen LogP contribution in [0.2, 0.25) is 0 Å². The number of aromatic nitrogens is 4. The molecule has 0 fully saturated rings. The van der Waals surface area contributed by atoms with Crippen molar-refractivity contribution in [2.75, 3.05) is 13.7 Å². The molecule has 0 spiro atoms. The molecule has 6 heteroatoms. The van der Waals surface area contributed by atoms with E-state index >= 15 is 0 Å². The van der Waals surface area contributed by atoms with Crippen molar-refractivity contribution in [1.29, 1.82) is 0 Å². The van der Waals surface area contributed by atoms with Gasteiger partial charge < -0.3 is 4.74 Å². The number of ether oxygens (including phenoxy) is 1. The van der Waals surface area contributed by atoms with Gasteiger partial charge in [0.2, 0.25) is 11.6 Å². The summed E-state index contributed by atoms with van der Waals surface area (Å²) in [5.74, 6) is -0.0310. The molecule has 0 atom stereocenters. The minimum atomic E-state index is -0.217. The van der Waals surface area contributed by atoms with Crippen LogP contribution in [-0.4, -0.2) is 39.2 Å². The van der Waals surface area contributed by atoms with Crippen molar-refractivity contribution in [1.82, 2.24) is 19.7 Å². The average Bonchev–Trinajstić information content (AvgIpc) is 2.88. The van der Waals surface area contributed by atoms with Gasteiger partial charge in [-0.3, -0.25) is 9.48 Å². The first-order chi connectivity index (χ1) is 8.83. The number of carbonyl (C=O) groups is 1. The summed E-state index contributed by atoms with van der Waals surface area (Å²) in [5.41, 5.74) is 0.498. The van der Waals surface area contributed by atoms with Gasteiger partial charge in [-0.1, -0.05) is 0 Å². The highest BCUT2D eigenvalue weighted by molar-refractivity contribution is 6.05. The van der Waals surface area contributed by atoms with E-state index in [2.05, 4.69) is 15.1 Å². The van der Waals surface area contributed by atoms with E-state index in [1.807, 2.05) is 0 Å². The number of nitrogens with zero attached hydrogens (tertiary/aromatic N) is 4. The Morgan fingerprint density at radius 1 is 1.33 bits per heavy atom. The average molecular weight is 246 g/mol. The predicted octanol–water partition coefficient (Wildman–Crippen LogP) is 0.941. The normalized spacial score (nSPS) is 10.5. The molecule has 2 heterocycles. The number of rotatable bonds is 6. The topological polar surface area (TPSA) is 69.9 Å². The fourth-order valence-electron chi connectivity index (χ4n) is 1.59. The molecule has 0 N–H and O–H groups in total. The van der Waals surface area contributed by atoms with Crippen LogP contribution in [0.3, 0.4) is 0 Å². The van der Waals surface area contributed by atoms with E-state index in [1.165, 1.54) is 0 Å². The van der Waals surface area contributed by atoms with Crippen molar-refractivity contribution >= 4 is 5.78 Å². The summed E-state index contributed by atoms with van der Waals surface area (Å²) >= 11 is 0. The lowest BCUT2D eigenvalue weighted by Crippen LogP contribution is -2.14. The Morgan fingerprint density at radius 2 is 2.11 bits per heavy atom. The second kappa shape index (κ2) is 6.02. The Balaban J connectivity index is 2.14. The van der Waals surface area contributed by atoms with Gasteiger partial charge in [-0.25, -0.2) is 9.97 Å². The molecule has 0 unspecified atom stereocenters. The van der Waals surface area contributed by atoms with E-state index in [9.17, 15) is 4.79 Å². The van der Waals surface area contributed by atoms with Crippen LogP contribution in [-0.2, 0) is 11.3 Å². The number of carbonyl (C=O) groups excluding carboxylic acids is 1. The Morgan fingerprint density at radius 3 is 2.83 bits per heavy atom. The molecule has 2 rings (SSSR count). The third-order valence-corrected chi connectivity index (χ3v) is 2.44.